The van der Waals surface area contributed by atoms with Gasteiger partial charge >= 0.3 is 5.97 Å². The minimum Gasteiger partial charge on any atom is -0.481 e. The summed E-state index contributed by atoms with van der Waals surface area (Å²) in [7, 11) is 0. The minimum atomic E-state index is -0.847. The molecule has 15 heavy (non-hydrogen) atoms. The van der Waals surface area contributed by atoms with Crippen LogP contribution >= 0.6 is 12.6 Å². The average Bonchev–Trinajstić information content (AvgIpc) is 2.25. The van der Waals surface area contributed by atoms with Crippen molar-refractivity contribution in [2.24, 2.45) is 11.8 Å². The second kappa shape index (κ2) is 6.00. The van der Waals surface area contributed by atoms with E-state index in [1.165, 1.54) is 0 Å². The molecular formula is C10H17NO3S. The molecule has 0 unspecified atom stereocenters. The molecule has 0 aromatic heterocycles. The molecule has 1 aliphatic carbocycles. The van der Waals surface area contributed by atoms with Crippen LogP contribution < -0.4 is 5.32 Å². The van der Waals surface area contributed by atoms with Crippen LogP contribution in [0, 0.1) is 11.8 Å². The fraction of sp³-hybridized carbons (Fsp3) is 0.800. The fourth-order valence-electron chi connectivity index (χ4n) is 2.05. The first kappa shape index (κ1) is 12.4. The minimum absolute atomic E-state index is 0.129. The van der Waals surface area contributed by atoms with Gasteiger partial charge in [0.15, 0.2) is 0 Å². The van der Waals surface area contributed by atoms with E-state index in [-0.39, 0.29) is 11.8 Å². The SMILES string of the molecule is O=C(NCCS)[C@H]1CCCC[C@H]1C(=O)O. The lowest BCUT2D eigenvalue weighted by atomic mass is 9.79. The van der Waals surface area contributed by atoms with Crippen LogP contribution in [-0.4, -0.2) is 29.3 Å². The van der Waals surface area contributed by atoms with Gasteiger partial charge in [-0.05, 0) is 12.8 Å². The third kappa shape index (κ3) is 3.41. The first-order valence-corrected chi connectivity index (χ1v) is 5.91. The molecule has 0 aliphatic heterocycles. The molecule has 1 saturated carbocycles. The Morgan fingerprint density at radius 1 is 1.27 bits per heavy atom. The fourth-order valence-corrected chi connectivity index (χ4v) is 2.16. The van der Waals surface area contributed by atoms with Crippen LogP contribution in [0.3, 0.4) is 0 Å². The third-order valence-corrected chi connectivity index (χ3v) is 3.05. The first-order valence-electron chi connectivity index (χ1n) is 5.28. The summed E-state index contributed by atoms with van der Waals surface area (Å²) in [5.41, 5.74) is 0. The van der Waals surface area contributed by atoms with Crippen molar-refractivity contribution in [3.63, 3.8) is 0 Å². The van der Waals surface area contributed by atoms with E-state index in [0.29, 0.717) is 25.1 Å². The van der Waals surface area contributed by atoms with E-state index < -0.39 is 11.9 Å². The second-order valence-electron chi connectivity index (χ2n) is 3.85. The lowest BCUT2D eigenvalue weighted by Crippen LogP contribution is -2.40. The van der Waals surface area contributed by atoms with Crippen molar-refractivity contribution in [3.05, 3.63) is 0 Å². The van der Waals surface area contributed by atoms with Crippen LogP contribution in [0.2, 0.25) is 0 Å². The van der Waals surface area contributed by atoms with Crippen molar-refractivity contribution in [1.82, 2.24) is 5.32 Å². The summed E-state index contributed by atoms with van der Waals surface area (Å²) in [5.74, 6) is -1.25. The smallest absolute Gasteiger partial charge is 0.307 e. The molecular weight excluding hydrogens is 214 g/mol. The maximum Gasteiger partial charge on any atom is 0.307 e. The highest BCUT2D eigenvalue weighted by Crippen LogP contribution is 2.30. The predicted octanol–water partition coefficient (Wildman–Crippen LogP) is 0.923. The lowest BCUT2D eigenvalue weighted by molar-refractivity contribution is -0.148. The maximum atomic E-state index is 11.7. The normalized spacial score (nSPS) is 25.9. The van der Waals surface area contributed by atoms with Crippen molar-refractivity contribution in [1.29, 1.82) is 0 Å². The van der Waals surface area contributed by atoms with Gasteiger partial charge in [-0.2, -0.15) is 12.6 Å². The number of thiol groups is 1. The number of rotatable bonds is 4. The molecule has 0 bridgehead atoms. The van der Waals surface area contributed by atoms with Gasteiger partial charge in [0.1, 0.15) is 0 Å². The van der Waals surface area contributed by atoms with E-state index in [2.05, 4.69) is 17.9 Å². The molecule has 5 heteroatoms. The van der Waals surface area contributed by atoms with Crippen LogP contribution in [0.15, 0.2) is 0 Å². The Kier molecular flexibility index (Phi) is 4.94. The zero-order chi connectivity index (χ0) is 11.3. The quantitative estimate of drug-likeness (QED) is 0.630. The van der Waals surface area contributed by atoms with Gasteiger partial charge < -0.3 is 10.4 Å². The van der Waals surface area contributed by atoms with Gasteiger partial charge in [0, 0.05) is 12.3 Å². The van der Waals surface area contributed by atoms with Gasteiger partial charge in [0.25, 0.3) is 0 Å². The molecule has 1 aliphatic rings. The lowest BCUT2D eigenvalue weighted by Gasteiger charge is -2.27. The number of amides is 1. The number of hydrogen-bond donors (Lipinski definition) is 3. The molecule has 2 atom stereocenters. The van der Waals surface area contributed by atoms with Crippen LogP contribution in [0.1, 0.15) is 25.7 Å². The standard InChI is InChI=1S/C10H17NO3S/c12-9(11-5-6-15)7-3-1-2-4-8(7)10(13)14/h7-8,15H,1-6H2,(H,11,12)(H,13,14)/t7-,8+/m0/s1. The molecule has 0 spiro atoms. The molecule has 0 radical (unpaired) electrons. The molecule has 1 amide bonds. The van der Waals surface area contributed by atoms with E-state index in [1.807, 2.05) is 0 Å². The van der Waals surface area contributed by atoms with Crippen LogP contribution in [0.4, 0.5) is 0 Å². The summed E-state index contributed by atoms with van der Waals surface area (Å²) in [6.07, 6.45) is 3.17. The van der Waals surface area contributed by atoms with Crippen LogP contribution in [0.25, 0.3) is 0 Å². The summed E-state index contributed by atoms with van der Waals surface area (Å²) in [4.78, 5) is 22.6. The van der Waals surface area contributed by atoms with Crippen LogP contribution in [0.5, 0.6) is 0 Å². The highest BCUT2D eigenvalue weighted by molar-refractivity contribution is 7.80. The summed E-state index contributed by atoms with van der Waals surface area (Å²) in [5, 5.41) is 11.7. The number of carboxylic acid groups (broad SMARTS) is 1. The van der Waals surface area contributed by atoms with Gasteiger partial charge in [0.05, 0.1) is 11.8 Å². The number of carbonyl (C=O) groups is 2. The molecule has 86 valence electrons. The third-order valence-electron chi connectivity index (χ3n) is 2.83. The largest absolute Gasteiger partial charge is 0.481 e. The zero-order valence-electron chi connectivity index (χ0n) is 8.61. The van der Waals surface area contributed by atoms with Gasteiger partial charge in [0.2, 0.25) is 5.91 Å². The molecule has 1 fully saturated rings. The average molecular weight is 231 g/mol. The highest BCUT2D eigenvalue weighted by atomic mass is 32.1. The summed E-state index contributed by atoms with van der Waals surface area (Å²) < 4.78 is 0. The molecule has 0 aromatic carbocycles. The van der Waals surface area contributed by atoms with E-state index in [9.17, 15) is 9.59 Å². The van der Waals surface area contributed by atoms with Crippen molar-refractivity contribution in [3.8, 4) is 0 Å². The highest BCUT2D eigenvalue weighted by Gasteiger charge is 2.35. The predicted molar refractivity (Wildman–Crippen MR) is 59.9 cm³/mol. The Morgan fingerprint density at radius 3 is 2.40 bits per heavy atom. The zero-order valence-corrected chi connectivity index (χ0v) is 9.50. The van der Waals surface area contributed by atoms with E-state index in [1.54, 1.807) is 0 Å². The topological polar surface area (TPSA) is 66.4 Å². The molecule has 1 rings (SSSR count). The summed E-state index contributed by atoms with van der Waals surface area (Å²) in [6, 6.07) is 0. The van der Waals surface area contributed by atoms with Crippen molar-refractivity contribution < 1.29 is 14.7 Å². The van der Waals surface area contributed by atoms with Gasteiger partial charge in [-0.15, -0.1) is 0 Å². The summed E-state index contributed by atoms with van der Waals surface area (Å²) in [6.45, 7) is 0.505. The number of aliphatic carboxylic acids is 1. The first-order chi connectivity index (χ1) is 7.16. The maximum absolute atomic E-state index is 11.7. The van der Waals surface area contributed by atoms with Crippen LogP contribution in [-0.2, 0) is 9.59 Å². The number of carboxylic acids is 1. The number of nitrogens with one attached hydrogen (secondary N) is 1. The van der Waals surface area contributed by atoms with Gasteiger partial charge in [-0.3, -0.25) is 9.59 Å². The molecule has 2 N–H and O–H groups in total. The van der Waals surface area contributed by atoms with Crippen molar-refractivity contribution in [2.75, 3.05) is 12.3 Å². The van der Waals surface area contributed by atoms with E-state index in [4.69, 9.17) is 5.11 Å². The Hall–Kier alpha value is -0.710. The Balaban J connectivity index is 2.55. The van der Waals surface area contributed by atoms with Gasteiger partial charge in [-0.25, -0.2) is 0 Å². The Morgan fingerprint density at radius 2 is 1.87 bits per heavy atom. The Bertz CT molecular complexity index is 245. The molecule has 0 saturated heterocycles. The number of hydrogen-bond acceptors (Lipinski definition) is 3. The van der Waals surface area contributed by atoms with Crippen molar-refractivity contribution in [2.45, 2.75) is 25.7 Å². The second-order valence-corrected chi connectivity index (χ2v) is 4.30. The molecule has 0 aromatic rings. The molecule has 0 heterocycles. The van der Waals surface area contributed by atoms with E-state index in [0.717, 1.165) is 12.8 Å². The molecule has 4 nitrogen and oxygen atoms in total. The number of carbonyl (C=O) groups excluding carboxylic acids is 1. The monoisotopic (exact) mass is 231 g/mol. The van der Waals surface area contributed by atoms with Crippen molar-refractivity contribution >= 4 is 24.5 Å². The van der Waals surface area contributed by atoms with Gasteiger partial charge in [-0.1, -0.05) is 12.8 Å². The summed E-state index contributed by atoms with van der Waals surface area (Å²) >= 11 is 3.99. The van der Waals surface area contributed by atoms with E-state index >= 15 is 0 Å². The Labute approximate surface area is 94.8 Å².